The standard InChI is InChI=1S/C17H20Cl2N4O2/c1-25-12-23-5-4-16(20-23)17(24)22-8-6-21(7-9-22)11-13-2-3-14(18)10-15(13)19/h2-5,10H,6-9,11-12H2,1H3. The average molecular weight is 383 g/mol. The van der Waals surface area contributed by atoms with E-state index in [1.54, 1.807) is 30.1 Å². The number of methoxy groups -OCH3 is 1. The lowest BCUT2D eigenvalue weighted by atomic mass is 10.2. The first-order valence-corrected chi connectivity index (χ1v) is 8.80. The van der Waals surface area contributed by atoms with E-state index in [9.17, 15) is 4.79 Å². The van der Waals surface area contributed by atoms with Crippen molar-refractivity contribution in [3.8, 4) is 0 Å². The van der Waals surface area contributed by atoms with E-state index in [1.807, 2.05) is 17.0 Å². The summed E-state index contributed by atoms with van der Waals surface area (Å²) in [5.74, 6) is -0.0426. The van der Waals surface area contributed by atoms with Crippen molar-refractivity contribution >= 4 is 29.1 Å². The van der Waals surface area contributed by atoms with Crippen molar-refractivity contribution in [1.82, 2.24) is 19.6 Å². The number of hydrogen-bond donors (Lipinski definition) is 0. The predicted octanol–water partition coefficient (Wildman–Crippen LogP) is 2.75. The highest BCUT2D eigenvalue weighted by Gasteiger charge is 2.24. The zero-order valence-electron chi connectivity index (χ0n) is 14.0. The number of piperazine rings is 1. The van der Waals surface area contributed by atoms with Gasteiger partial charge in [0.25, 0.3) is 5.91 Å². The van der Waals surface area contributed by atoms with Gasteiger partial charge in [0, 0.05) is 56.1 Å². The highest BCUT2D eigenvalue weighted by atomic mass is 35.5. The summed E-state index contributed by atoms with van der Waals surface area (Å²) >= 11 is 12.2. The number of rotatable bonds is 5. The van der Waals surface area contributed by atoms with Crippen molar-refractivity contribution in [2.75, 3.05) is 33.3 Å². The Morgan fingerprint density at radius 3 is 2.64 bits per heavy atom. The number of amides is 1. The Morgan fingerprint density at radius 1 is 1.20 bits per heavy atom. The van der Waals surface area contributed by atoms with Gasteiger partial charge in [-0.1, -0.05) is 29.3 Å². The number of carbonyl (C=O) groups is 1. The molecule has 25 heavy (non-hydrogen) atoms. The molecule has 2 aromatic rings. The van der Waals surface area contributed by atoms with Crippen LogP contribution in [0, 0.1) is 0 Å². The third-order valence-electron chi connectivity index (χ3n) is 4.19. The van der Waals surface area contributed by atoms with Crippen LogP contribution in [-0.4, -0.2) is 58.8 Å². The lowest BCUT2D eigenvalue weighted by Crippen LogP contribution is -2.48. The molecule has 1 fully saturated rings. The van der Waals surface area contributed by atoms with Crippen LogP contribution in [0.1, 0.15) is 16.1 Å². The normalized spacial score (nSPS) is 15.6. The van der Waals surface area contributed by atoms with Crippen LogP contribution in [-0.2, 0) is 18.0 Å². The van der Waals surface area contributed by atoms with E-state index in [0.29, 0.717) is 35.6 Å². The van der Waals surface area contributed by atoms with Gasteiger partial charge in [-0.2, -0.15) is 5.10 Å². The molecular formula is C17H20Cl2N4O2. The molecule has 1 aliphatic heterocycles. The maximum Gasteiger partial charge on any atom is 0.274 e. The topological polar surface area (TPSA) is 50.6 Å². The van der Waals surface area contributed by atoms with Gasteiger partial charge in [-0.3, -0.25) is 9.69 Å². The third-order valence-corrected chi connectivity index (χ3v) is 4.78. The monoisotopic (exact) mass is 382 g/mol. The number of benzene rings is 1. The highest BCUT2D eigenvalue weighted by Crippen LogP contribution is 2.22. The highest BCUT2D eigenvalue weighted by molar-refractivity contribution is 6.35. The summed E-state index contributed by atoms with van der Waals surface area (Å²) in [6, 6.07) is 7.28. The van der Waals surface area contributed by atoms with Crippen LogP contribution < -0.4 is 0 Å². The molecule has 0 bridgehead atoms. The Balaban J connectivity index is 1.55. The third kappa shape index (κ3) is 4.52. The van der Waals surface area contributed by atoms with E-state index in [-0.39, 0.29) is 5.91 Å². The van der Waals surface area contributed by atoms with E-state index in [4.69, 9.17) is 27.9 Å². The van der Waals surface area contributed by atoms with E-state index < -0.39 is 0 Å². The molecule has 1 aromatic heterocycles. The molecule has 134 valence electrons. The van der Waals surface area contributed by atoms with Crippen molar-refractivity contribution in [3.05, 3.63) is 51.8 Å². The maximum absolute atomic E-state index is 12.5. The molecule has 0 aliphatic carbocycles. The molecular weight excluding hydrogens is 363 g/mol. The predicted molar refractivity (Wildman–Crippen MR) is 96.9 cm³/mol. The van der Waals surface area contributed by atoms with Crippen molar-refractivity contribution in [2.45, 2.75) is 13.3 Å². The van der Waals surface area contributed by atoms with Gasteiger partial charge in [-0.15, -0.1) is 0 Å². The van der Waals surface area contributed by atoms with Crippen LogP contribution in [0.25, 0.3) is 0 Å². The van der Waals surface area contributed by atoms with Gasteiger partial charge in [0.05, 0.1) is 0 Å². The van der Waals surface area contributed by atoms with Crippen LogP contribution in [0.15, 0.2) is 30.5 Å². The fourth-order valence-corrected chi connectivity index (χ4v) is 3.31. The summed E-state index contributed by atoms with van der Waals surface area (Å²) < 4.78 is 6.61. The molecule has 0 unspecified atom stereocenters. The molecule has 3 rings (SSSR count). The van der Waals surface area contributed by atoms with Crippen LogP contribution in [0.5, 0.6) is 0 Å². The van der Waals surface area contributed by atoms with Crippen molar-refractivity contribution in [3.63, 3.8) is 0 Å². The number of nitrogens with zero attached hydrogens (tertiary/aromatic N) is 4. The average Bonchev–Trinajstić information content (AvgIpc) is 3.06. The lowest BCUT2D eigenvalue weighted by Gasteiger charge is -2.34. The number of carbonyl (C=O) groups excluding carboxylic acids is 1. The molecule has 2 heterocycles. The van der Waals surface area contributed by atoms with Crippen LogP contribution in [0.2, 0.25) is 10.0 Å². The van der Waals surface area contributed by atoms with Gasteiger partial charge in [0.15, 0.2) is 0 Å². The minimum Gasteiger partial charge on any atom is -0.362 e. The van der Waals surface area contributed by atoms with Crippen molar-refractivity contribution in [1.29, 1.82) is 0 Å². The maximum atomic E-state index is 12.5. The first-order valence-electron chi connectivity index (χ1n) is 8.05. The smallest absolute Gasteiger partial charge is 0.274 e. The summed E-state index contributed by atoms with van der Waals surface area (Å²) in [6.07, 6.45) is 1.75. The Labute approximate surface area is 156 Å². The summed E-state index contributed by atoms with van der Waals surface area (Å²) in [5.41, 5.74) is 1.50. The molecule has 0 atom stereocenters. The Bertz CT molecular complexity index is 742. The first-order chi connectivity index (χ1) is 12.1. The Morgan fingerprint density at radius 2 is 1.96 bits per heavy atom. The SMILES string of the molecule is COCn1ccc(C(=O)N2CCN(Cc3ccc(Cl)cc3Cl)CC2)n1. The van der Waals surface area contributed by atoms with Gasteiger partial charge in [0.2, 0.25) is 0 Å². The lowest BCUT2D eigenvalue weighted by molar-refractivity contribution is 0.0618. The second kappa shape index (κ2) is 8.19. The van der Waals surface area contributed by atoms with Crippen molar-refractivity contribution < 1.29 is 9.53 Å². The van der Waals surface area contributed by atoms with E-state index >= 15 is 0 Å². The zero-order valence-corrected chi connectivity index (χ0v) is 15.5. The van der Waals surface area contributed by atoms with Crippen LogP contribution in [0.4, 0.5) is 0 Å². The second-order valence-electron chi connectivity index (χ2n) is 5.96. The van der Waals surface area contributed by atoms with Gasteiger partial charge in [-0.25, -0.2) is 4.68 Å². The molecule has 0 radical (unpaired) electrons. The van der Waals surface area contributed by atoms with Crippen LogP contribution in [0.3, 0.4) is 0 Å². The zero-order chi connectivity index (χ0) is 17.8. The molecule has 8 heteroatoms. The Hall–Kier alpha value is -1.60. The summed E-state index contributed by atoms with van der Waals surface area (Å²) in [6.45, 7) is 4.01. The molecule has 6 nitrogen and oxygen atoms in total. The van der Waals surface area contributed by atoms with E-state index in [0.717, 1.165) is 25.2 Å². The number of aromatic nitrogens is 2. The van der Waals surface area contributed by atoms with Gasteiger partial charge >= 0.3 is 0 Å². The van der Waals surface area contributed by atoms with Gasteiger partial charge in [-0.05, 0) is 23.8 Å². The van der Waals surface area contributed by atoms with E-state index in [2.05, 4.69) is 10.00 Å². The summed E-state index contributed by atoms with van der Waals surface area (Å²) in [5, 5.41) is 5.55. The Kier molecular flexibility index (Phi) is 5.96. The van der Waals surface area contributed by atoms with Crippen LogP contribution >= 0.6 is 23.2 Å². The van der Waals surface area contributed by atoms with Gasteiger partial charge < -0.3 is 9.64 Å². The second-order valence-corrected chi connectivity index (χ2v) is 6.81. The van der Waals surface area contributed by atoms with Gasteiger partial charge in [0.1, 0.15) is 12.4 Å². The fraction of sp³-hybridized carbons (Fsp3) is 0.412. The largest absolute Gasteiger partial charge is 0.362 e. The summed E-state index contributed by atoms with van der Waals surface area (Å²) in [4.78, 5) is 16.6. The molecule has 0 spiro atoms. The number of hydrogen-bond acceptors (Lipinski definition) is 4. The van der Waals surface area contributed by atoms with E-state index in [1.165, 1.54) is 0 Å². The number of ether oxygens (including phenoxy) is 1. The fourth-order valence-electron chi connectivity index (χ4n) is 2.84. The molecule has 1 amide bonds. The number of halogens is 2. The first kappa shape index (κ1) is 18.2. The molecule has 1 aromatic carbocycles. The molecule has 0 saturated carbocycles. The minimum absolute atomic E-state index is 0.0426. The minimum atomic E-state index is -0.0426. The summed E-state index contributed by atoms with van der Waals surface area (Å²) in [7, 11) is 1.59. The molecule has 0 N–H and O–H groups in total. The molecule has 1 saturated heterocycles. The quantitative estimate of drug-likeness (QED) is 0.797. The molecule has 1 aliphatic rings. The van der Waals surface area contributed by atoms with Crippen molar-refractivity contribution in [2.24, 2.45) is 0 Å².